The van der Waals surface area contributed by atoms with E-state index in [4.69, 9.17) is 4.98 Å². The van der Waals surface area contributed by atoms with E-state index in [-0.39, 0.29) is 17.7 Å². The Kier molecular flexibility index (Phi) is 5.00. The van der Waals surface area contributed by atoms with E-state index in [0.29, 0.717) is 5.91 Å². The molecule has 2 aliphatic rings. The summed E-state index contributed by atoms with van der Waals surface area (Å²) in [6, 6.07) is 12.5. The van der Waals surface area contributed by atoms with Gasteiger partial charge in [0, 0.05) is 36.2 Å². The summed E-state index contributed by atoms with van der Waals surface area (Å²) in [7, 11) is 0. The molecule has 4 rings (SSSR count). The Labute approximate surface area is 154 Å². The Bertz CT molecular complexity index is 768. The molecule has 1 atom stereocenters. The molecule has 1 aliphatic heterocycles. The molecule has 0 bridgehead atoms. The highest BCUT2D eigenvalue weighted by Gasteiger charge is 2.31. The zero-order valence-corrected chi connectivity index (χ0v) is 15.0. The number of benzene rings is 1. The van der Waals surface area contributed by atoms with Crippen molar-refractivity contribution in [2.45, 2.75) is 44.4 Å². The van der Waals surface area contributed by atoms with Gasteiger partial charge in [-0.1, -0.05) is 18.9 Å². The van der Waals surface area contributed by atoms with Gasteiger partial charge in [0.05, 0.1) is 5.69 Å². The summed E-state index contributed by atoms with van der Waals surface area (Å²) in [5, 5.41) is 0. The quantitative estimate of drug-likeness (QED) is 0.796. The van der Waals surface area contributed by atoms with Gasteiger partial charge < -0.3 is 4.90 Å². The lowest BCUT2D eigenvalue weighted by Crippen LogP contribution is -2.42. The van der Waals surface area contributed by atoms with Crippen LogP contribution in [-0.4, -0.2) is 28.9 Å². The normalized spacial score (nSPS) is 21.1. The minimum atomic E-state index is -0.238. The monoisotopic (exact) mass is 352 g/mol. The third-order valence-electron chi connectivity index (χ3n) is 5.77. The number of hydrogen-bond donors (Lipinski definition) is 0. The van der Waals surface area contributed by atoms with E-state index in [1.807, 2.05) is 12.1 Å². The lowest BCUT2D eigenvalue weighted by molar-refractivity contribution is -0.136. The number of pyridine rings is 1. The minimum absolute atomic E-state index is 0.238. The van der Waals surface area contributed by atoms with E-state index < -0.39 is 0 Å². The number of rotatable bonds is 3. The largest absolute Gasteiger partial charge is 0.342 e. The second-order valence-electron chi connectivity index (χ2n) is 7.56. The Hall–Kier alpha value is -2.23. The van der Waals surface area contributed by atoms with Crippen LogP contribution in [0.25, 0.3) is 11.3 Å². The van der Waals surface area contributed by atoms with Crippen molar-refractivity contribution in [3.8, 4) is 11.3 Å². The number of amides is 1. The third kappa shape index (κ3) is 3.64. The fourth-order valence-corrected chi connectivity index (χ4v) is 4.31. The van der Waals surface area contributed by atoms with E-state index >= 15 is 0 Å². The molecule has 1 saturated carbocycles. The number of aromatic nitrogens is 1. The fourth-order valence-electron chi connectivity index (χ4n) is 4.31. The van der Waals surface area contributed by atoms with Crippen LogP contribution in [0.4, 0.5) is 4.39 Å². The Balaban J connectivity index is 1.50. The van der Waals surface area contributed by atoms with Crippen molar-refractivity contribution in [1.29, 1.82) is 0 Å². The van der Waals surface area contributed by atoms with Crippen LogP contribution in [0, 0.1) is 11.7 Å². The average molecular weight is 352 g/mol. The second-order valence-corrected chi connectivity index (χ2v) is 7.56. The summed E-state index contributed by atoms with van der Waals surface area (Å²) in [6.45, 7) is 1.65. The number of nitrogens with zero attached hydrogens (tertiary/aromatic N) is 2. The molecule has 4 heteroatoms. The molecule has 26 heavy (non-hydrogen) atoms. The Morgan fingerprint density at radius 1 is 1.00 bits per heavy atom. The van der Waals surface area contributed by atoms with Crippen LogP contribution < -0.4 is 0 Å². The maximum absolute atomic E-state index is 13.2. The molecule has 1 saturated heterocycles. The molecule has 1 aromatic heterocycles. The smallest absolute Gasteiger partial charge is 0.225 e. The average Bonchev–Trinajstić information content (AvgIpc) is 3.23. The molecule has 0 spiro atoms. The predicted octanol–water partition coefficient (Wildman–Crippen LogP) is 4.78. The Morgan fingerprint density at radius 3 is 2.54 bits per heavy atom. The molecule has 2 heterocycles. The maximum Gasteiger partial charge on any atom is 0.225 e. The summed E-state index contributed by atoms with van der Waals surface area (Å²) in [5.74, 6) is 0.641. The van der Waals surface area contributed by atoms with Crippen LogP contribution in [0.3, 0.4) is 0 Å². The zero-order valence-electron chi connectivity index (χ0n) is 15.0. The van der Waals surface area contributed by atoms with E-state index in [9.17, 15) is 9.18 Å². The Morgan fingerprint density at radius 2 is 1.77 bits per heavy atom. The first-order valence-corrected chi connectivity index (χ1v) is 9.72. The summed E-state index contributed by atoms with van der Waals surface area (Å²) in [4.78, 5) is 19.7. The van der Waals surface area contributed by atoms with Crippen molar-refractivity contribution in [2.24, 2.45) is 5.92 Å². The van der Waals surface area contributed by atoms with E-state index in [0.717, 1.165) is 55.7 Å². The number of carbonyl (C=O) groups is 1. The van der Waals surface area contributed by atoms with Gasteiger partial charge in [-0.25, -0.2) is 4.39 Å². The van der Waals surface area contributed by atoms with Crippen LogP contribution in [0.1, 0.15) is 50.1 Å². The summed E-state index contributed by atoms with van der Waals surface area (Å²) in [6.07, 6.45) is 6.58. The van der Waals surface area contributed by atoms with Crippen molar-refractivity contribution in [1.82, 2.24) is 9.88 Å². The van der Waals surface area contributed by atoms with Crippen LogP contribution in [0.15, 0.2) is 42.5 Å². The van der Waals surface area contributed by atoms with Crippen LogP contribution in [0.5, 0.6) is 0 Å². The third-order valence-corrected chi connectivity index (χ3v) is 5.77. The maximum atomic E-state index is 13.2. The van der Waals surface area contributed by atoms with E-state index in [1.165, 1.54) is 25.0 Å². The standard InChI is InChI=1S/C22H25FN2O/c23-19-12-10-16(11-13-19)20-8-3-9-21(24-20)18-7-4-14-25(15-18)22(26)17-5-1-2-6-17/h3,8-13,17-18H,1-2,4-7,14-15H2. The molecule has 0 radical (unpaired) electrons. The van der Waals surface area contributed by atoms with Gasteiger partial charge in [-0.2, -0.15) is 0 Å². The molecule has 3 nitrogen and oxygen atoms in total. The fraction of sp³-hybridized carbons (Fsp3) is 0.455. The highest BCUT2D eigenvalue weighted by atomic mass is 19.1. The van der Waals surface area contributed by atoms with Gasteiger partial charge in [0.25, 0.3) is 0 Å². The van der Waals surface area contributed by atoms with Gasteiger partial charge in [-0.05, 0) is 62.1 Å². The molecular formula is C22H25FN2O. The zero-order chi connectivity index (χ0) is 17.9. The number of hydrogen-bond acceptors (Lipinski definition) is 2. The number of halogens is 1. The van der Waals surface area contributed by atoms with Gasteiger partial charge >= 0.3 is 0 Å². The highest BCUT2D eigenvalue weighted by molar-refractivity contribution is 5.79. The van der Waals surface area contributed by atoms with Gasteiger partial charge in [-0.15, -0.1) is 0 Å². The molecule has 136 valence electrons. The first kappa shape index (κ1) is 17.2. The molecule has 1 aliphatic carbocycles. The van der Waals surface area contributed by atoms with Gasteiger partial charge in [0.1, 0.15) is 5.82 Å². The molecule has 1 aromatic carbocycles. The summed E-state index contributed by atoms with van der Waals surface area (Å²) >= 11 is 0. The van der Waals surface area contributed by atoms with Crippen molar-refractivity contribution in [2.75, 3.05) is 13.1 Å². The highest BCUT2D eigenvalue weighted by Crippen LogP contribution is 2.31. The first-order valence-electron chi connectivity index (χ1n) is 9.72. The summed E-state index contributed by atoms with van der Waals surface area (Å²) < 4.78 is 13.2. The molecule has 2 aromatic rings. The second kappa shape index (κ2) is 7.56. The van der Waals surface area contributed by atoms with E-state index in [1.54, 1.807) is 12.1 Å². The van der Waals surface area contributed by atoms with Crippen molar-refractivity contribution >= 4 is 5.91 Å². The molecule has 0 N–H and O–H groups in total. The SMILES string of the molecule is O=C(C1CCCC1)N1CCCC(c2cccc(-c3ccc(F)cc3)n2)C1. The molecule has 1 unspecified atom stereocenters. The number of carbonyl (C=O) groups excluding carboxylic acids is 1. The van der Waals surface area contributed by atoms with Crippen LogP contribution in [0.2, 0.25) is 0 Å². The first-order chi connectivity index (χ1) is 12.7. The molecule has 2 fully saturated rings. The van der Waals surface area contributed by atoms with Gasteiger partial charge in [0.15, 0.2) is 0 Å². The molecular weight excluding hydrogens is 327 g/mol. The minimum Gasteiger partial charge on any atom is -0.342 e. The van der Waals surface area contributed by atoms with E-state index in [2.05, 4.69) is 11.0 Å². The summed E-state index contributed by atoms with van der Waals surface area (Å²) in [5.41, 5.74) is 2.82. The van der Waals surface area contributed by atoms with Gasteiger partial charge in [0.2, 0.25) is 5.91 Å². The predicted molar refractivity (Wildman–Crippen MR) is 100 cm³/mol. The van der Waals surface area contributed by atoms with Crippen LogP contribution in [-0.2, 0) is 4.79 Å². The van der Waals surface area contributed by atoms with Gasteiger partial charge in [-0.3, -0.25) is 9.78 Å². The lowest BCUT2D eigenvalue weighted by atomic mass is 9.92. The van der Waals surface area contributed by atoms with Crippen molar-refractivity contribution in [3.63, 3.8) is 0 Å². The van der Waals surface area contributed by atoms with Crippen molar-refractivity contribution < 1.29 is 9.18 Å². The van der Waals surface area contributed by atoms with Crippen molar-refractivity contribution in [3.05, 3.63) is 54.0 Å². The number of piperidine rings is 1. The number of likely N-dealkylation sites (tertiary alicyclic amines) is 1. The lowest BCUT2D eigenvalue weighted by Gasteiger charge is -2.34. The topological polar surface area (TPSA) is 33.2 Å². The molecule has 1 amide bonds. The van der Waals surface area contributed by atoms with Crippen LogP contribution >= 0.6 is 0 Å².